The average molecular weight is 883 g/mol. The quantitative estimate of drug-likeness (QED) is 0.0847. The third-order valence-corrected chi connectivity index (χ3v) is 14.8. The summed E-state index contributed by atoms with van der Waals surface area (Å²) >= 11 is 0. The lowest BCUT2D eigenvalue weighted by atomic mass is 9.81. The highest BCUT2D eigenvalue weighted by molar-refractivity contribution is 6.14. The van der Waals surface area contributed by atoms with Crippen molar-refractivity contribution in [3.05, 3.63) is 287 Å². The maximum absolute atomic E-state index is 2.49. The van der Waals surface area contributed by atoms with Crippen molar-refractivity contribution < 1.29 is 0 Å². The lowest BCUT2D eigenvalue weighted by Crippen LogP contribution is -2.07. The minimum absolute atomic E-state index is 0.127. The van der Waals surface area contributed by atoms with E-state index in [1.807, 2.05) is 0 Å². The van der Waals surface area contributed by atoms with E-state index in [1.165, 1.54) is 121 Å². The summed E-state index contributed by atoms with van der Waals surface area (Å²) in [5.74, 6) is 0.127. The molecule has 12 aromatic carbocycles. The Bertz CT molecular complexity index is 3820. The van der Waals surface area contributed by atoms with Gasteiger partial charge in [0.1, 0.15) is 0 Å². The van der Waals surface area contributed by atoms with E-state index >= 15 is 0 Å². The molecule has 1 unspecified atom stereocenters. The van der Waals surface area contributed by atoms with Crippen LogP contribution in [0.15, 0.2) is 243 Å². The van der Waals surface area contributed by atoms with E-state index in [0.717, 1.165) is 32.1 Å². The summed E-state index contributed by atoms with van der Waals surface area (Å²) in [5, 5.41) is 13.0. The Morgan fingerprint density at radius 2 is 0.942 bits per heavy atom. The fourth-order valence-electron chi connectivity index (χ4n) is 11.2. The summed E-state index contributed by atoms with van der Waals surface area (Å²) in [6.45, 7) is 2.26. The van der Waals surface area contributed by atoms with Gasteiger partial charge in [-0.05, 0) is 178 Å². The smallest absolute Gasteiger partial charge is 0.0136 e. The molecule has 0 amide bonds. The van der Waals surface area contributed by atoms with Crippen LogP contribution in [0.4, 0.5) is 0 Å². The van der Waals surface area contributed by atoms with Gasteiger partial charge in [-0.2, -0.15) is 0 Å². The molecule has 0 aliphatic carbocycles. The van der Waals surface area contributed by atoms with Crippen molar-refractivity contribution in [3.8, 4) is 22.3 Å². The third kappa shape index (κ3) is 8.49. The maximum atomic E-state index is 2.49. The Hall–Kier alpha value is -8.06. The van der Waals surface area contributed by atoms with Crippen LogP contribution in [0.2, 0.25) is 0 Å². The second kappa shape index (κ2) is 18.6. The molecule has 12 rings (SSSR count). The fourth-order valence-corrected chi connectivity index (χ4v) is 11.2. The van der Waals surface area contributed by atoms with Crippen molar-refractivity contribution in [3.63, 3.8) is 0 Å². The standard InChI is InChI=1S/C69H54/c1-47-30-31-49(40-66(47)61-25-12-10-20-52(61)35-32-48-16-4-2-5-17-48)33-36-53-24-14-28-63-60(53)27-15-29-64(63)67(58-38-37-56-43-54-21-8-9-22-55(54)44-59(56)45-58)41-50-34-39-65-68(51-18-6-3-7-19-51)46-57-23-11-13-26-62(57)69(65)42-50/h2-31,34,37-40,42-46,67H,32-33,35-36,41H2,1H3. The summed E-state index contributed by atoms with van der Waals surface area (Å²) in [4.78, 5) is 0. The minimum Gasteiger partial charge on any atom is -0.0622 e. The molecule has 0 fully saturated rings. The number of hydrogen-bond donors (Lipinski definition) is 0. The van der Waals surface area contributed by atoms with Gasteiger partial charge < -0.3 is 0 Å². The van der Waals surface area contributed by atoms with E-state index in [0.29, 0.717) is 0 Å². The Labute approximate surface area is 406 Å². The first-order chi connectivity index (χ1) is 34.1. The van der Waals surface area contributed by atoms with Crippen LogP contribution >= 0.6 is 0 Å². The molecule has 0 nitrogen and oxygen atoms in total. The predicted octanol–water partition coefficient (Wildman–Crippen LogP) is 18.0. The molecule has 1 atom stereocenters. The Balaban J connectivity index is 0.919. The maximum Gasteiger partial charge on any atom is 0.0136 e. The van der Waals surface area contributed by atoms with Gasteiger partial charge in [0.15, 0.2) is 0 Å². The molecular formula is C69H54. The van der Waals surface area contributed by atoms with Crippen LogP contribution in [0.25, 0.3) is 76.1 Å². The molecule has 330 valence electrons. The Morgan fingerprint density at radius 1 is 0.304 bits per heavy atom. The van der Waals surface area contributed by atoms with Gasteiger partial charge in [0.05, 0.1) is 0 Å². The summed E-state index contributed by atoms with van der Waals surface area (Å²) in [7, 11) is 0. The van der Waals surface area contributed by atoms with E-state index in [4.69, 9.17) is 0 Å². The zero-order chi connectivity index (χ0) is 46.1. The number of hydrogen-bond acceptors (Lipinski definition) is 0. The molecule has 0 aliphatic heterocycles. The number of aryl methyl sites for hydroxylation is 5. The highest BCUT2D eigenvalue weighted by atomic mass is 14.2. The van der Waals surface area contributed by atoms with Gasteiger partial charge in [-0.3, -0.25) is 0 Å². The molecule has 0 saturated heterocycles. The van der Waals surface area contributed by atoms with Crippen LogP contribution in [0.5, 0.6) is 0 Å². The van der Waals surface area contributed by atoms with Crippen molar-refractivity contribution in [2.75, 3.05) is 0 Å². The second-order valence-electron chi connectivity index (χ2n) is 19.1. The van der Waals surface area contributed by atoms with Crippen LogP contribution in [-0.2, 0) is 32.1 Å². The first kappa shape index (κ1) is 42.3. The van der Waals surface area contributed by atoms with Crippen LogP contribution in [0.3, 0.4) is 0 Å². The largest absolute Gasteiger partial charge is 0.0622 e. The summed E-state index contributed by atoms with van der Waals surface area (Å²) in [5.41, 5.74) is 16.2. The molecule has 0 N–H and O–H groups in total. The lowest BCUT2D eigenvalue weighted by Gasteiger charge is -2.22. The van der Waals surface area contributed by atoms with Crippen molar-refractivity contribution >= 4 is 53.9 Å². The molecule has 0 bridgehead atoms. The zero-order valence-electron chi connectivity index (χ0n) is 39.2. The second-order valence-corrected chi connectivity index (χ2v) is 19.1. The van der Waals surface area contributed by atoms with Crippen molar-refractivity contribution in [1.29, 1.82) is 0 Å². The first-order valence-electron chi connectivity index (χ1n) is 24.7. The molecule has 0 aliphatic rings. The highest BCUT2D eigenvalue weighted by Gasteiger charge is 2.21. The molecule has 0 spiro atoms. The van der Waals surface area contributed by atoms with Gasteiger partial charge in [-0.1, -0.05) is 224 Å². The van der Waals surface area contributed by atoms with Crippen LogP contribution < -0.4 is 0 Å². The summed E-state index contributed by atoms with van der Waals surface area (Å²) in [6, 6.07) is 91.1. The highest BCUT2D eigenvalue weighted by Crippen LogP contribution is 2.40. The normalized spacial score (nSPS) is 12.1. The van der Waals surface area contributed by atoms with Crippen molar-refractivity contribution in [2.24, 2.45) is 0 Å². The molecule has 0 heteroatoms. The van der Waals surface area contributed by atoms with Gasteiger partial charge in [-0.15, -0.1) is 0 Å². The van der Waals surface area contributed by atoms with Gasteiger partial charge in [0, 0.05) is 5.92 Å². The fraction of sp³-hybridized carbons (Fsp3) is 0.101. The molecule has 0 aromatic heterocycles. The van der Waals surface area contributed by atoms with Crippen LogP contribution in [0.1, 0.15) is 50.4 Å². The first-order valence-corrected chi connectivity index (χ1v) is 24.7. The lowest BCUT2D eigenvalue weighted by molar-refractivity contribution is 0.814. The molecular weight excluding hydrogens is 829 g/mol. The van der Waals surface area contributed by atoms with E-state index in [9.17, 15) is 0 Å². The number of fused-ring (bicyclic) bond motifs is 6. The van der Waals surface area contributed by atoms with E-state index in [-0.39, 0.29) is 5.92 Å². The van der Waals surface area contributed by atoms with E-state index in [1.54, 1.807) is 0 Å². The van der Waals surface area contributed by atoms with Crippen molar-refractivity contribution in [1.82, 2.24) is 0 Å². The average Bonchev–Trinajstić information content (AvgIpc) is 3.41. The molecule has 0 radical (unpaired) electrons. The van der Waals surface area contributed by atoms with Crippen LogP contribution in [-0.4, -0.2) is 0 Å². The Morgan fingerprint density at radius 3 is 1.80 bits per heavy atom. The summed E-state index contributed by atoms with van der Waals surface area (Å²) < 4.78 is 0. The molecule has 12 aromatic rings. The van der Waals surface area contributed by atoms with Gasteiger partial charge in [0.2, 0.25) is 0 Å². The topological polar surface area (TPSA) is 0 Å². The number of benzene rings is 12. The van der Waals surface area contributed by atoms with Gasteiger partial charge >= 0.3 is 0 Å². The van der Waals surface area contributed by atoms with E-state index in [2.05, 4.69) is 250 Å². The molecule has 69 heavy (non-hydrogen) atoms. The van der Waals surface area contributed by atoms with Crippen molar-refractivity contribution in [2.45, 2.75) is 44.9 Å². The predicted molar refractivity (Wildman–Crippen MR) is 296 cm³/mol. The van der Waals surface area contributed by atoms with Gasteiger partial charge in [-0.25, -0.2) is 0 Å². The Kier molecular flexibility index (Phi) is 11.4. The zero-order valence-corrected chi connectivity index (χ0v) is 39.2. The monoisotopic (exact) mass is 882 g/mol. The van der Waals surface area contributed by atoms with Gasteiger partial charge in [0.25, 0.3) is 0 Å². The third-order valence-electron chi connectivity index (χ3n) is 14.8. The number of rotatable bonds is 12. The minimum atomic E-state index is 0.127. The molecule has 0 saturated carbocycles. The summed E-state index contributed by atoms with van der Waals surface area (Å²) in [6.07, 6.45) is 4.87. The SMILES string of the molecule is Cc1ccc(CCc2cccc3c(C(Cc4ccc5c(-c6ccccc6)cc6ccccc6c5c4)c4ccc5cc6ccccc6cc5c4)cccc23)cc1-c1ccccc1CCc1ccccc1. The van der Waals surface area contributed by atoms with Crippen LogP contribution in [0, 0.1) is 6.92 Å². The molecule has 0 heterocycles. The van der Waals surface area contributed by atoms with E-state index < -0.39 is 0 Å².